The lowest BCUT2D eigenvalue weighted by atomic mass is 10.2. The Kier molecular flexibility index (Phi) is 4.02. The van der Waals surface area contributed by atoms with Gasteiger partial charge in [-0.3, -0.25) is 14.8 Å². The third-order valence-corrected chi connectivity index (χ3v) is 4.55. The van der Waals surface area contributed by atoms with Gasteiger partial charge in [-0.15, -0.1) is 0 Å². The quantitative estimate of drug-likeness (QED) is 0.487. The first-order valence-electron chi connectivity index (χ1n) is 5.92. The van der Waals surface area contributed by atoms with Gasteiger partial charge in [-0.2, -0.15) is 5.10 Å². The number of nitro benzene ring substituents is 1. The van der Waals surface area contributed by atoms with Crippen LogP contribution in [0.5, 0.6) is 0 Å². The minimum atomic E-state index is -3.88. The van der Waals surface area contributed by atoms with Crippen LogP contribution in [0, 0.1) is 24.0 Å². The van der Waals surface area contributed by atoms with Crippen LogP contribution in [0.1, 0.15) is 17.0 Å². The predicted molar refractivity (Wildman–Crippen MR) is 76.9 cm³/mol. The minimum Gasteiger partial charge on any atom is -0.264 e. The van der Waals surface area contributed by atoms with Gasteiger partial charge in [0, 0.05) is 22.8 Å². The van der Waals surface area contributed by atoms with Crippen molar-refractivity contribution >= 4 is 25.4 Å². The molecule has 9 heteroatoms. The Hall–Kier alpha value is -1.93. The summed E-state index contributed by atoms with van der Waals surface area (Å²) >= 11 is 0. The molecule has 0 N–H and O–H groups in total. The maximum absolute atomic E-state index is 11.5. The number of non-ortho nitro benzene ring substituents is 1. The van der Waals surface area contributed by atoms with Crippen LogP contribution in [-0.4, -0.2) is 23.1 Å². The standard InChI is InChI=1S/C12H12ClN3O4S/c1-8-12(21(13,19)20)9(2)15(14-8)7-10-4-3-5-11(6-10)16(17)18/h3-6H,7H2,1-2H3. The molecule has 0 fully saturated rings. The maximum atomic E-state index is 11.5. The van der Waals surface area contributed by atoms with Crippen LogP contribution in [0.25, 0.3) is 0 Å². The molecular weight excluding hydrogens is 318 g/mol. The van der Waals surface area contributed by atoms with Gasteiger partial charge in [0.05, 0.1) is 22.9 Å². The van der Waals surface area contributed by atoms with E-state index >= 15 is 0 Å². The number of halogens is 1. The van der Waals surface area contributed by atoms with Crippen LogP contribution >= 0.6 is 10.7 Å². The van der Waals surface area contributed by atoms with E-state index in [0.29, 0.717) is 17.0 Å². The Balaban J connectivity index is 2.42. The Morgan fingerprint density at radius 3 is 2.57 bits per heavy atom. The van der Waals surface area contributed by atoms with Crippen molar-refractivity contribution in [3.63, 3.8) is 0 Å². The number of aryl methyl sites for hydroxylation is 1. The van der Waals surface area contributed by atoms with E-state index in [1.807, 2.05) is 0 Å². The molecule has 0 saturated heterocycles. The molecule has 0 aliphatic carbocycles. The summed E-state index contributed by atoms with van der Waals surface area (Å²) in [4.78, 5) is 10.2. The normalized spacial score (nSPS) is 11.6. The zero-order valence-corrected chi connectivity index (χ0v) is 12.8. The van der Waals surface area contributed by atoms with Crippen molar-refractivity contribution in [2.45, 2.75) is 25.3 Å². The number of benzene rings is 1. The van der Waals surface area contributed by atoms with E-state index in [-0.39, 0.29) is 17.1 Å². The molecule has 1 aromatic heterocycles. The van der Waals surface area contributed by atoms with Crippen LogP contribution in [-0.2, 0) is 15.6 Å². The van der Waals surface area contributed by atoms with Gasteiger partial charge in [-0.1, -0.05) is 12.1 Å². The topological polar surface area (TPSA) is 95.1 Å². The lowest BCUT2D eigenvalue weighted by Gasteiger charge is -2.05. The summed E-state index contributed by atoms with van der Waals surface area (Å²) in [5.41, 5.74) is 1.31. The van der Waals surface area contributed by atoms with Gasteiger partial charge in [0.1, 0.15) is 4.90 Å². The molecule has 0 bridgehead atoms. The zero-order valence-electron chi connectivity index (χ0n) is 11.3. The lowest BCUT2D eigenvalue weighted by Crippen LogP contribution is -2.05. The van der Waals surface area contributed by atoms with Crippen LogP contribution in [0.15, 0.2) is 29.2 Å². The monoisotopic (exact) mass is 329 g/mol. The molecule has 0 aliphatic rings. The summed E-state index contributed by atoms with van der Waals surface area (Å²) in [6.45, 7) is 3.36. The van der Waals surface area contributed by atoms with Crippen LogP contribution in [0.4, 0.5) is 5.69 Å². The van der Waals surface area contributed by atoms with Crippen LogP contribution in [0.2, 0.25) is 0 Å². The molecular formula is C12H12ClN3O4S. The molecule has 0 amide bonds. The lowest BCUT2D eigenvalue weighted by molar-refractivity contribution is -0.384. The molecule has 0 atom stereocenters. The summed E-state index contributed by atoms with van der Waals surface area (Å²) in [5.74, 6) is 0. The second-order valence-corrected chi connectivity index (χ2v) is 7.03. The van der Waals surface area contributed by atoms with Crippen molar-refractivity contribution in [3.05, 3.63) is 51.3 Å². The molecule has 21 heavy (non-hydrogen) atoms. The highest BCUT2D eigenvalue weighted by Gasteiger charge is 2.22. The van der Waals surface area contributed by atoms with Gasteiger partial charge in [0.25, 0.3) is 14.7 Å². The molecule has 0 radical (unpaired) electrons. The minimum absolute atomic E-state index is 0.0189. The van der Waals surface area contributed by atoms with Crippen LogP contribution < -0.4 is 0 Å². The third-order valence-electron chi connectivity index (χ3n) is 3.01. The van der Waals surface area contributed by atoms with Gasteiger partial charge in [0.15, 0.2) is 0 Å². The Morgan fingerprint density at radius 1 is 1.38 bits per heavy atom. The first-order chi connectivity index (χ1) is 9.70. The van der Waals surface area contributed by atoms with Gasteiger partial charge in [-0.05, 0) is 19.4 Å². The fourth-order valence-corrected chi connectivity index (χ4v) is 3.65. The molecule has 0 aliphatic heterocycles. The fourth-order valence-electron chi connectivity index (χ4n) is 2.13. The Bertz CT molecular complexity index is 814. The molecule has 1 aromatic carbocycles. The van der Waals surface area contributed by atoms with Crippen molar-refractivity contribution in [2.75, 3.05) is 0 Å². The van der Waals surface area contributed by atoms with Gasteiger partial charge in [0.2, 0.25) is 0 Å². The average Bonchev–Trinajstić information content (AvgIpc) is 2.64. The largest absolute Gasteiger partial charge is 0.269 e. The van der Waals surface area contributed by atoms with E-state index in [2.05, 4.69) is 5.10 Å². The van der Waals surface area contributed by atoms with Crippen molar-refractivity contribution in [2.24, 2.45) is 0 Å². The highest BCUT2D eigenvalue weighted by Crippen LogP contribution is 2.24. The molecule has 7 nitrogen and oxygen atoms in total. The van der Waals surface area contributed by atoms with E-state index in [4.69, 9.17) is 10.7 Å². The number of nitrogens with zero attached hydrogens (tertiary/aromatic N) is 3. The maximum Gasteiger partial charge on any atom is 0.269 e. The van der Waals surface area contributed by atoms with Crippen molar-refractivity contribution < 1.29 is 13.3 Å². The van der Waals surface area contributed by atoms with E-state index in [1.54, 1.807) is 26.0 Å². The predicted octanol–water partition coefficient (Wildman–Crippen LogP) is 2.38. The fraction of sp³-hybridized carbons (Fsp3) is 0.250. The second-order valence-electron chi connectivity index (χ2n) is 4.52. The third kappa shape index (κ3) is 3.22. The smallest absolute Gasteiger partial charge is 0.264 e. The van der Waals surface area contributed by atoms with E-state index in [1.165, 1.54) is 16.8 Å². The van der Waals surface area contributed by atoms with E-state index in [9.17, 15) is 18.5 Å². The van der Waals surface area contributed by atoms with Crippen LogP contribution in [0.3, 0.4) is 0 Å². The number of nitro groups is 1. The summed E-state index contributed by atoms with van der Waals surface area (Å²) < 4.78 is 24.5. The van der Waals surface area contributed by atoms with Gasteiger partial charge in [-0.25, -0.2) is 8.42 Å². The summed E-state index contributed by atoms with van der Waals surface area (Å²) in [6.07, 6.45) is 0. The Morgan fingerprint density at radius 2 is 2.05 bits per heavy atom. The molecule has 0 spiro atoms. The van der Waals surface area contributed by atoms with E-state index < -0.39 is 14.0 Å². The number of rotatable bonds is 4. The first kappa shape index (κ1) is 15.5. The molecule has 0 saturated carbocycles. The number of hydrogen-bond acceptors (Lipinski definition) is 5. The van der Waals surface area contributed by atoms with Gasteiger partial charge < -0.3 is 0 Å². The van der Waals surface area contributed by atoms with Crippen molar-refractivity contribution in [1.29, 1.82) is 0 Å². The molecule has 2 aromatic rings. The second kappa shape index (κ2) is 5.45. The molecule has 112 valence electrons. The summed E-state index contributed by atoms with van der Waals surface area (Å²) in [6, 6.07) is 6.08. The van der Waals surface area contributed by atoms with Crippen molar-refractivity contribution in [3.8, 4) is 0 Å². The van der Waals surface area contributed by atoms with Gasteiger partial charge >= 0.3 is 0 Å². The number of aromatic nitrogens is 2. The highest BCUT2D eigenvalue weighted by molar-refractivity contribution is 8.13. The zero-order chi connectivity index (χ0) is 15.8. The summed E-state index contributed by atoms with van der Waals surface area (Å²) in [7, 11) is 1.51. The number of hydrogen-bond donors (Lipinski definition) is 0. The highest BCUT2D eigenvalue weighted by atomic mass is 35.7. The molecule has 1 heterocycles. The average molecular weight is 330 g/mol. The van der Waals surface area contributed by atoms with E-state index in [0.717, 1.165) is 0 Å². The molecule has 0 unspecified atom stereocenters. The summed E-state index contributed by atoms with van der Waals surface area (Å²) in [5, 5.41) is 14.9. The van der Waals surface area contributed by atoms with Crippen molar-refractivity contribution in [1.82, 2.24) is 9.78 Å². The first-order valence-corrected chi connectivity index (χ1v) is 8.23. The SMILES string of the molecule is Cc1nn(Cc2cccc([N+](=O)[O-])c2)c(C)c1S(=O)(=O)Cl. The molecule has 2 rings (SSSR count). The Labute approximate surface area is 125 Å².